The molecular formula is C18H15F3N2O3. The number of aromatic nitrogens is 2. The largest absolute Gasteiger partial charge is 0.481 e. The van der Waals surface area contributed by atoms with Gasteiger partial charge in [-0.2, -0.15) is 13.2 Å². The molecule has 26 heavy (non-hydrogen) atoms. The topological polar surface area (TPSA) is 64.2 Å². The predicted octanol–water partition coefficient (Wildman–Crippen LogP) is 3.34. The summed E-state index contributed by atoms with van der Waals surface area (Å²) in [6, 6.07) is 11.5. The summed E-state index contributed by atoms with van der Waals surface area (Å²) in [6.07, 6.45) is -4.61. The van der Waals surface area contributed by atoms with Gasteiger partial charge in [0.2, 0.25) is 0 Å². The molecule has 0 radical (unpaired) electrons. The van der Waals surface area contributed by atoms with Gasteiger partial charge in [-0.25, -0.2) is 4.79 Å². The molecule has 5 nitrogen and oxygen atoms in total. The molecule has 0 unspecified atom stereocenters. The number of hydrogen-bond donors (Lipinski definition) is 1. The smallest absolute Gasteiger partial charge is 0.416 e. The molecule has 1 N–H and O–H groups in total. The first-order chi connectivity index (χ1) is 12.3. The number of hydrogen-bond acceptors (Lipinski definition) is 2. The second-order valence-corrected chi connectivity index (χ2v) is 5.85. The highest BCUT2D eigenvalue weighted by molar-refractivity contribution is 5.76. The Morgan fingerprint density at radius 1 is 0.962 bits per heavy atom. The van der Waals surface area contributed by atoms with Crippen molar-refractivity contribution in [2.24, 2.45) is 0 Å². The Labute approximate surface area is 145 Å². The SMILES string of the molecule is O=C(O)CCn1c(=O)n(Cc2ccc(C(F)(F)F)cc2)c2ccccc21. The van der Waals surface area contributed by atoms with Crippen LogP contribution >= 0.6 is 0 Å². The Balaban J connectivity index is 1.99. The molecule has 2 aromatic carbocycles. The van der Waals surface area contributed by atoms with Crippen LogP contribution in [0.3, 0.4) is 0 Å². The number of para-hydroxylation sites is 2. The third-order valence-electron chi connectivity index (χ3n) is 4.10. The van der Waals surface area contributed by atoms with E-state index in [0.29, 0.717) is 16.6 Å². The average Bonchev–Trinajstić information content (AvgIpc) is 2.85. The molecule has 1 aromatic heterocycles. The van der Waals surface area contributed by atoms with Crippen LogP contribution in [-0.4, -0.2) is 20.2 Å². The number of carboxylic acids is 1. The Kier molecular flexibility index (Phi) is 4.58. The lowest BCUT2D eigenvalue weighted by Gasteiger charge is -2.08. The average molecular weight is 364 g/mol. The Morgan fingerprint density at radius 3 is 2.08 bits per heavy atom. The van der Waals surface area contributed by atoms with Crippen molar-refractivity contribution in [3.63, 3.8) is 0 Å². The van der Waals surface area contributed by atoms with E-state index in [1.54, 1.807) is 24.3 Å². The fourth-order valence-electron chi connectivity index (χ4n) is 2.83. The summed E-state index contributed by atoms with van der Waals surface area (Å²) in [5.74, 6) is -1.02. The van der Waals surface area contributed by atoms with E-state index in [1.807, 2.05) is 0 Å². The number of aliphatic carboxylic acids is 1. The highest BCUT2D eigenvalue weighted by Crippen LogP contribution is 2.29. The minimum absolute atomic E-state index is 0.0225. The van der Waals surface area contributed by atoms with Gasteiger partial charge in [-0.05, 0) is 29.8 Å². The van der Waals surface area contributed by atoms with Gasteiger partial charge in [0.25, 0.3) is 0 Å². The van der Waals surface area contributed by atoms with Crippen molar-refractivity contribution in [2.75, 3.05) is 0 Å². The molecular weight excluding hydrogens is 349 g/mol. The van der Waals surface area contributed by atoms with Gasteiger partial charge in [-0.15, -0.1) is 0 Å². The summed E-state index contributed by atoms with van der Waals surface area (Å²) in [6.45, 7) is 0.117. The van der Waals surface area contributed by atoms with Crippen LogP contribution in [0, 0.1) is 0 Å². The number of aryl methyl sites for hydroxylation is 1. The number of carbonyl (C=O) groups is 1. The number of carboxylic acid groups (broad SMARTS) is 1. The van der Waals surface area contributed by atoms with Crippen LogP contribution in [0.5, 0.6) is 0 Å². The van der Waals surface area contributed by atoms with Crippen molar-refractivity contribution in [1.82, 2.24) is 9.13 Å². The summed E-state index contributed by atoms with van der Waals surface area (Å²) in [7, 11) is 0. The lowest BCUT2D eigenvalue weighted by atomic mass is 10.1. The summed E-state index contributed by atoms with van der Waals surface area (Å²) in [5.41, 5.74) is 0.583. The number of alkyl halides is 3. The summed E-state index contributed by atoms with van der Waals surface area (Å²) in [4.78, 5) is 23.5. The first-order valence-electron chi connectivity index (χ1n) is 7.83. The van der Waals surface area contributed by atoms with Crippen LogP contribution in [0.1, 0.15) is 17.5 Å². The van der Waals surface area contributed by atoms with E-state index in [0.717, 1.165) is 12.1 Å². The van der Waals surface area contributed by atoms with Crippen molar-refractivity contribution in [3.05, 3.63) is 70.1 Å². The van der Waals surface area contributed by atoms with Gasteiger partial charge >= 0.3 is 17.8 Å². The lowest BCUT2D eigenvalue weighted by molar-refractivity contribution is -0.138. The van der Waals surface area contributed by atoms with Gasteiger partial charge < -0.3 is 5.11 Å². The van der Waals surface area contributed by atoms with Crippen LogP contribution in [0.4, 0.5) is 13.2 Å². The normalized spacial score (nSPS) is 11.8. The molecule has 3 rings (SSSR count). The minimum Gasteiger partial charge on any atom is -0.481 e. The predicted molar refractivity (Wildman–Crippen MR) is 89.0 cm³/mol. The first-order valence-corrected chi connectivity index (χ1v) is 7.83. The highest BCUT2D eigenvalue weighted by Gasteiger charge is 2.30. The third kappa shape index (κ3) is 3.49. The summed E-state index contributed by atoms with van der Waals surface area (Å²) >= 11 is 0. The molecule has 0 fully saturated rings. The molecule has 0 amide bonds. The van der Waals surface area contributed by atoms with Crippen molar-refractivity contribution in [1.29, 1.82) is 0 Å². The van der Waals surface area contributed by atoms with E-state index in [1.165, 1.54) is 21.3 Å². The van der Waals surface area contributed by atoms with Crippen molar-refractivity contribution < 1.29 is 23.1 Å². The van der Waals surface area contributed by atoms with E-state index in [2.05, 4.69) is 0 Å². The molecule has 136 valence electrons. The zero-order valence-corrected chi connectivity index (χ0v) is 13.5. The standard InChI is InChI=1S/C18H15F3N2O3/c19-18(20,21)13-7-5-12(6-8-13)11-23-15-4-2-1-3-14(15)22(17(23)26)10-9-16(24)25/h1-8H,9-11H2,(H,24,25). The van der Waals surface area contributed by atoms with Crippen LogP contribution in [-0.2, 0) is 24.1 Å². The molecule has 3 aromatic rings. The van der Waals surface area contributed by atoms with Crippen LogP contribution in [0.15, 0.2) is 53.3 Å². The Morgan fingerprint density at radius 2 is 1.54 bits per heavy atom. The van der Waals surface area contributed by atoms with Crippen molar-refractivity contribution in [3.8, 4) is 0 Å². The Hall–Kier alpha value is -3.03. The van der Waals surface area contributed by atoms with Gasteiger partial charge in [-0.1, -0.05) is 24.3 Å². The Bertz CT molecular complexity index is 1000. The molecule has 0 aliphatic carbocycles. The van der Waals surface area contributed by atoms with E-state index in [9.17, 15) is 22.8 Å². The number of imidazole rings is 1. The van der Waals surface area contributed by atoms with Gasteiger partial charge in [0.15, 0.2) is 0 Å². The number of halogens is 3. The van der Waals surface area contributed by atoms with Crippen LogP contribution in [0.2, 0.25) is 0 Å². The molecule has 0 atom stereocenters. The van der Waals surface area contributed by atoms with Gasteiger partial charge in [0, 0.05) is 6.54 Å². The molecule has 0 bridgehead atoms. The zero-order chi connectivity index (χ0) is 18.9. The molecule has 0 aliphatic rings. The number of rotatable bonds is 5. The maximum absolute atomic E-state index is 12.7. The van der Waals surface area contributed by atoms with Crippen LogP contribution in [0.25, 0.3) is 11.0 Å². The molecule has 0 saturated heterocycles. The fourth-order valence-corrected chi connectivity index (χ4v) is 2.83. The molecule has 0 spiro atoms. The van der Waals surface area contributed by atoms with E-state index >= 15 is 0 Å². The first kappa shape index (κ1) is 17.8. The lowest BCUT2D eigenvalue weighted by Crippen LogP contribution is -2.25. The van der Waals surface area contributed by atoms with E-state index in [4.69, 9.17) is 5.11 Å². The zero-order valence-electron chi connectivity index (χ0n) is 13.5. The second-order valence-electron chi connectivity index (χ2n) is 5.85. The molecule has 0 saturated carbocycles. The number of benzene rings is 2. The van der Waals surface area contributed by atoms with Gasteiger partial charge in [0.1, 0.15) is 0 Å². The van der Waals surface area contributed by atoms with Crippen molar-refractivity contribution >= 4 is 17.0 Å². The van der Waals surface area contributed by atoms with Gasteiger partial charge in [0.05, 0.1) is 29.6 Å². The second kappa shape index (κ2) is 6.70. The quantitative estimate of drug-likeness (QED) is 0.755. The summed E-state index contributed by atoms with van der Waals surface area (Å²) < 4.78 is 40.8. The fraction of sp³-hybridized carbons (Fsp3) is 0.222. The number of nitrogens with zero attached hydrogens (tertiary/aromatic N) is 2. The molecule has 8 heteroatoms. The van der Waals surface area contributed by atoms with E-state index < -0.39 is 23.4 Å². The molecule has 0 aliphatic heterocycles. The maximum Gasteiger partial charge on any atom is 0.416 e. The van der Waals surface area contributed by atoms with E-state index in [-0.39, 0.29) is 19.5 Å². The molecule has 1 heterocycles. The third-order valence-corrected chi connectivity index (χ3v) is 4.10. The van der Waals surface area contributed by atoms with Gasteiger partial charge in [-0.3, -0.25) is 13.9 Å². The summed E-state index contributed by atoms with van der Waals surface area (Å²) in [5, 5.41) is 8.86. The number of fused-ring (bicyclic) bond motifs is 1. The minimum atomic E-state index is -4.41. The highest BCUT2D eigenvalue weighted by atomic mass is 19.4. The maximum atomic E-state index is 12.7. The monoisotopic (exact) mass is 364 g/mol. The van der Waals surface area contributed by atoms with Crippen molar-refractivity contribution in [2.45, 2.75) is 25.7 Å². The van der Waals surface area contributed by atoms with Crippen LogP contribution < -0.4 is 5.69 Å².